The number of carbonyl (C=O) groups excluding carboxylic acids is 1. The molecule has 1 aromatic carbocycles. The number of hydrogen-bond acceptors (Lipinski definition) is 6. The lowest BCUT2D eigenvalue weighted by Gasteiger charge is -2.13. The van der Waals surface area contributed by atoms with Gasteiger partial charge >= 0.3 is 6.18 Å². The number of nitrogens with one attached hydrogen (secondary N) is 2. The summed E-state index contributed by atoms with van der Waals surface area (Å²) in [5, 5.41) is 3.31. The third-order valence-electron chi connectivity index (χ3n) is 5.14. The van der Waals surface area contributed by atoms with Gasteiger partial charge < -0.3 is 15.0 Å². The number of nitrogens with zero attached hydrogens (tertiary/aromatic N) is 1. The SMILES string of the molecule is O=C(CCSCc1nc2sc3c(c2c(=O)[nH]1)CCCC3)Nc1ccccc1OCC(F)(F)F. The van der Waals surface area contributed by atoms with Crippen molar-refractivity contribution in [3.05, 3.63) is 50.9 Å². The lowest BCUT2D eigenvalue weighted by atomic mass is 9.97. The van der Waals surface area contributed by atoms with E-state index >= 15 is 0 Å². The number of H-pyrrole nitrogens is 1. The van der Waals surface area contributed by atoms with E-state index in [1.165, 1.54) is 34.8 Å². The number of carbonyl (C=O) groups is 1. The Kier molecular flexibility index (Phi) is 7.28. The smallest absolute Gasteiger partial charge is 0.422 e. The number of amides is 1. The Morgan fingerprint density at radius 1 is 1.24 bits per heavy atom. The summed E-state index contributed by atoms with van der Waals surface area (Å²) in [6.45, 7) is -1.43. The van der Waals surface area contributed by atoms with Gasteiger partial charge in [0, 0.05) is 17.1 Å². The second-order valence-corrected chi connectivity index (χ2v) is 9.84. The summed E-state index contributed by atoms with van der Waals surface area (Å²) in [6.07, 6.45) is -0.155. The molecule has 0 unspecified atom stereocenters. The maximum Gasteiger partial charge on any atom is 0.422 e. The molecule has 6 nitrogen and oxygen atoms in total. The first-order valence-electron chi connectivity index (χ1n) is 10.5. The Labute approximate surface area is 195 Å². The number of ether oxygens (including phenoxy) is 1. The highest BCUT2D eigenvalue weighted by Crippen LogP contribution is 2.33. The van der Waals surface area contributed by atoms with Crippen molar-refractivity contribution >= 4 is 44.9 Å². The zero-order valence-electron chi connectivity index (χ0n) is 17.6. The molecule has 0 radical (unpaired) electrons. The van der Waals surface area contributed by atoms with Gasteiger partial charge in [-0.25, -0.2) is 4.98 Å². The van der Waals surface area contributed by atoms with E-state index in [0.29, 0.717) is 22.7 Å². The third-order valence-corrected chi connectivity index (χ3v) is 7.29. The van der Waals surface area contributed by atoms with Crippen LogP contribution in [0.2, 0.25) is 0 Å². The number of halogens is 3. The number of thioether (sulfide) groups is 1. The molecule has 4 rings (SSSR count). The molecule has 0 spiro atoms. The fourth-order valence-corrected chi connectivity index (χ4v) is 5.76. The number of aryl methyl sites for hydroxylation is 2. The van der Waals surface area contributed by atoms with E-state index in [2.05, 4.69) is 15.3 Å². The van der Waals surface area contributed by atoms with Gasteiger partial charge in [-0.3, -0.25) is 9.59 Å². The Balaban J connectivity index is 1.29. The third kappa shape index (κ3) is 6.08. The van der Waals surface area contributed by atoms with Gasteiger partial charge in [0.2, 0.25) is 5.91 Å². The first kappa shape index (κ1) is 23.6. The summed E-state index contributed by atoms with van der Waals surface area (Å²) in [4.78, 5) is 34.3. The predicted octanol–water partition coefficient (Wildman–Crippen LogP) is 5.07. The number of alkyl halides is 3. The fourth-order valence-electron chi connectivity index (χ4n) is 3.68. The number of fused-ring (bicyclic) bond motifs is 3. The summed E-state index contributed by atoms with van der Waals surface area (Å²) in [6, 6.07) is 6.00. The molecule has 0 bridgehead atoms. The lowest BCUT2D eigenvalue weighted by Crippen LogP contribution is -2.20. The Hall–Kier alpha value is -2.53. The van der Waals surface area contributed by atoms with Crippen molar-refractivity contribution in [2.75, 3.05) is 17.7 Å². The average molecular weight is 498 g/mol. The molecule has 2 heterocycles. The standard InChI is InChI=1S/C22H22F3N3O3S2/c23-22(24,25)12-31-15-7-3-2-6-14(15)26-18(29)9-10-32-11-17-27-20(30)19-13-5-1-4-8-16(13)33-21(19)28-17/h2-3,6-7H,1,4-5,8-12H2,(H,26,29)(H,27,28,30). The molecule has 1 amide bonds. The van der Waals surface area contributed by atoms with E-state index in [1.807, 2.05) is 0 Å². The highest BCUT2D eigenvalue weighted by Gasteiger charge is 2.29. The van der Waals surface area contributed by atoms with Gasteiger partial charge in [-0.2, -0.15) is 24.9 Å². The molecule has 2 aromatic heterocycles. The lowest BCUT2D eigenvalue weighted by molar-refractivity contribution is -0.153. The molecule has 11 heteroatoms. The first-order valence-corrected chi connectivity index (χ1v) is 12.5. The van der Waals surface area contributed by atoms with Crippen molar-refractivity contribution in [1.82, 2.24) is 9.97 Å². The van der Waals surface area contributed by atoms with E-state index in [0.717, 1.165) is 36.1 Å². The molecule has 2 N–H and O–H groups in total. The Morgan fingerprint density at radius 3 is 2.85 bits per heavy atom. The highest BCUT2D eigenvalue weighted by molar-refractivity contribution is 7.98. The van der Waals surface area contributed by atoms with Crippen molar-refractivity contribution in [3.63, 3.8) is 0 Å². The van der Waals surface area contributed by atoms with Crippen LogP contribution >= 0.6 is 23.1 Å². The van der Waals surface area contributed by atoms with Crippen LogP contribution in [0.1, 0.15) is 35.5 Å². The maximum atomic E-state index is 12.6. The van der Waals surface area contributed by atoms with Crippen molar-refractivity contribution in [1.29, 1.82) is 0 Å². The van der Waals surface area contributed by atoms with Crippen LogP contribution in [0.5, 0.6) is 5.75 Å². The quantitative estimate of drug-likeness (QED) is 0.425. The number of anilines is 1. The highest BCUT2D eigenvalue weighted by atomic mass is 32.2. The molecule has 1 aliphatic carbocycles. The van der Waals surface area contributed by atoms with E-state index in [4.69, 9.17) is 4.74 Å². The molecular formula is C22H22F3N3O3S2. The number of benzene rings is 1. The minimum absolute atomic E-state index is 0.0375. The van der Waals surface area contributed by atoms with Crippen molar-refractivity contribution in [2.24, 2.45) is 0 Å². The number of para-hydroxylation sites is 2. The topological polar surface area (TPSA) is 84.1 Å². The summed E-state index contributed by atoms with van der Waals surface area (Å²) in [7, 11) is 0. The normalized spacial score (nSPS) is 13.7. The van der Waals surface area contributed by atoms with E-state index in [1.54, 1.807) is 17.4 Å². The van der Waals surface area contributed by atoms with E-state index in [-0.39, 0.29) is 29.3 Å². The molecule has 33 heavy (non-hydrogen) atoms. The summed E-state index contributed by atoms with van der Waals surface area (Å²) in [5.74, 6) is 1.10. The second-order valence-electron chi connectivity index (χ2n) is 7.65. The minimum atomic E-state index is -4.46. The average Bonchev–Trinajstić information content (AvgIpc) is 3.14. The van der Waals surface area contributed by atoms with Crippen LogP contribution in [0.3, 0.4) is 0 Å². The molecule has 0 saturated heterocycles. The molecule has 176 valence electrons. The van der Waals surface area contributed by atoms with E-state index < -0.39 is 12.8 Å². The number of aromatic amines is 1. The molecule has 0 fully saturated rings. The summed E-state index contributed by atoms with van der Waals surface area (Å²) >= 11 is 3.04. The number of aromatic nitrogens is 2. The van der Waals surface area contributed by atoms with Crippen LogP contribution < -0.4 is 15.6 Å². The number of rotatable bonds is 8. The maximum absolute atomic E-state index is 12.6. The molecular weight excluding hydrogens is 475 g/mol. The summed E-state index contributed by atoms with van der Waals surface area (Å²) < 4.78 is 42.0. The van der Waals surface area contributed by atoms with Crippen LogP contribution in [0.15, 0.2) is 29.1 Å². The van der Waals surface area contributed by atoms with Crippen molar-refractivity contribution < 1.29 is 22.7 Å². The van der Waals surface area contributed by atoms with Crippen LogP contribution in [0.25, 0.3) is 10.2 Å². The van der Waals surface area contributed by atoms with Gasteiger partial charge in [-0.15, -0.1) is 11.3 Å². The fraction of sp³-hybridized carbons (Fsp3) is 0.409. The van der Waals surface area contributed by atoms with Crippen LogP contribution in [0, 0.1) is 0 Å². The first-order chi connectivity index (χ1) is 15.8. The second kappa shape index (κ2) is 10.2. The van der Waals surface area contributed by atoms with E-state index in [9.17, 15) is 22.8 Å². The van der Waals surface area contributed by atoms with Crippen molar-refractivity contribution in [3.8, 4) is 5.75 Å². The van der Waals surface area contributed by atoms with Crippen LogP contribution in [-0.4, -0.2) is 34.4 Å². The minimum Gasteiger partial charge on any atom is -0.482 e. The number of hydrogen-bond donors (Lipinski definition) is 2. The van der Waals surface area contributed by atoms with Crippen LogP contribution in [0.4, 0.5) is 18.9 Å². The van der Waals surface area contributed by atoms with Gasteiger partial charge in [0.15, 0.2) is 6.61 Å². The molecule has 1 aliphatic rings. The Bertz CT molecular complexity index is 1210. The van der Waals surface area contributed by atoms with Gasteiger partial charge in [-0.1, -0.05) is 12.1 Å². The van der Waals surface area contributed by atoms with Gasteiger partial charge in [0.05, 0.1) is 16.8 Å². The van der Waals surface area contributed by atoms with Gasteiger partial charge in [0.1, 0.15) is 16.4 Å². The molecule has 0 atom stereocenters. The zero-order valence-corrected chi connectivity index (χ0v) is 19.2. The summed E-state index contributed by atoms with van der Waals surface area (Å²) in [5.41, 5.74) is 1.23. The monoisotopic (exact) mass is 497 g/mol. The zero-order chi connectivity index (χ0) is 23.4. The predicted molar refractivity (Wildman–Crippen MR) is 124 cm³/mol. The molecule has 0 saturated carbocycles. The Morgan fingerprint density at radius 2 is 2.03 bits per heavy atom. The van der Waals surface area contributed by atoms with Gasteiger partial charge in [-0.05, 0) is 43.4 Å². The molecule has 0 aliphatic heterocycles. The van der Waals surface area contributed by atoms with Crippen LogP contribution in [-0.2, 0) is 23.4 Å². The van der Waals surface area contributed by atoms with Crippen molar-refractivity contribution in [2.45, 2.75) is 44.0 Å². The number of thiophene rings is 1. The van der Waals surface area contributed by atoms with Gasteiger partial charge in [0.25, 0.3) is 5.56 Å². The molecule has 3 aromatic rings. The largest absolute Gasteiger partial charge is 0.482 e.